The number of rotatable bonds is 2. The summed E-state index contributed by atoms with van der Waals surface area (Å²) >= 11 is 0. The van der Waals surface area contributed by atoms with Crippen molar-refractivity contribution in [3.63, 3.8) is 0 Å². The average Bonchev–Trinajstić information content (AvgIpc) is 0.850. The van der Waals surface area contributed by atoms with E-state index in [9.17, 15) is 38.4 Å². The molecule has 484 valence electrons. The molecule has 22 heteroatoms. The van der Waals surface area contributed by atoms with Gasteiger partial charge in [-0.05, 0) is 154 Å². The number of hydrazine groups is 2. The molecule has 10 atom stereocenters. The molecule has 6 amide bonds. The van der Waals surface area contributed by atoms with Crippen molar-refractivity contribution in [2.24, 2.45) is 22.7 Å². The first-order valence-corrected chi connectivity index (χ1v) is 31.8. The zero-order chi connectivity index (χ0) is 65.0. The van der Waals surface area contributed by atoms with Gasteiger partial charge in [0.2, 0.25) is 23.6 Å². The van der Waals surface area contributed by atoms with Crippen LogP contribution in [0.4, 0.5) is 0 Å². The van der Waals surface area contributed by atoms with Gasteiger partial charge < -0.3 is 40.2 Å². The summed E-state index contributed by atoms with van der Waals surface area (Å²) in [5, 5.41) is 16.2. The van der Waals surface area contributed by atoms with Gasteiger partial charge in [-0.25, -0.2) is 20.8 Å². The van der Waals surface area contributed by atoms with Crippen LogP contribution in [0.5, 0.6) is 0 Å². The normalized spacial score (nSPS) is 30.6. The topological polar surface area (TPSA) is 278 Å². The summed E-state index contributed by atoms with van der Waals surface area (Å²) in [6, 6.07) is 14.3. The zero-order valence-corrected chi connectivity index (χ0v) is 54.0. The van der Waals surface area contributed by atoms with Crippen molar-refractivity contribution >= 4 is 81.3 Å². The second-order valence-corrected chi connectivity index (χ2v) is 27.1. The second-order valence-electron chi connectivity index (χ2n) is 27.1. The van der Waals surface area contributed by atoms with E-state index in [-0.39, 0.29) is 35.5 Å². The maximum atomic E-state index is 14.2. The Morgan fingerprint density at radius 2 is 0.900 bits per heavy atom. The van der Waals surface area contributed by atoms with Crippen LogP contribution in [0.15, 0.2) is 72.8 Å². The maximum Gasteiger partial charge on any atom is 0.325 e. The lowest BCUT2D eigenvalue weighted by atomic mass is 9.72. The van der Waals surface area contributed by atoms with Crippen molar-refractivity contribution in [1.29, 1.82) is 0 Å². The minimum Gasteiger partial charge on any atom is -0.455 e. The number of esters is 2. The van der Waals surface area contributed by atoms with Crippen LogP contribution >= 0.6 is 0 Å². The van der Waals surface area contributed by atoms with Crippen LogP contribution in [0, 0.1) is 22.7 Å². The van der Waals surface area contributed by atoms with Gasteiger partial charge in [-0.1, -0.05) is 88.4 Å². The summed E-state index contributed by atoms with van der Waals surface area (Å²) in [5.74, 6) is -3.65. The second kappa shape index (κ2) is 27.4. The molecule has 0 aliphatic carbocycles. The number of nitrogens with one attached hydrogen (secondary N) is 6. The van der Waals surface area contributed by atoms with Gasteiger partial charge in [0.05, 0.1) is 44.5 Å². The quantitative estimate of drug-likeness (QED) is 0.109. The average molecular weight is 1240 g/mol. The SMILES string of the molecule is CC(C)[C@@H]1NC(=O)[C@@]2(/C=C/c3ccc4ccc(nc4c3)[C@@H](C)OC(=O)[C@@H]3CCCN(N3)C(=O)[C@H](C)NC1=O)CCOC(C)(C)C2.CC(C)[C@@H]1NC(=O)[C@]2(/C=C/c3ccc4ccc(nc4c3)[C@@H](C)OC(=O)[C@@H]3CCCN(N3)C(=O)[C@H](C)NC1=O)CCOC(C)(C)C2. The van der Waals surface area contributed by atoms with Gasteiger partial charge >= 0.3 is 11.9 Å². The molecule has 10 bridgehead atoms. The highest BCUT2D eigenvalue weighted by atomic mass is 16.6. The molecule has 2 aromatic carbocycles. The molecule has 2 aromatic heterocycles. The third kappa shape index (κ3) is 15.6. The molecule has 6 N–H and O–H groups in total. The van der Waals surface area contributed by atoms with Gasteiger partial charge in [-0.2, -0.15) is 0 Å². The molecule has 8 heterocycles. The first kappa shape index (κ1) is 66.8. The van der Waals surface area contributed by atoms with Crippen LogP contribution in [0.2, 0.25) is 0 Å². The maximum absolute atomic E-state index is 14.2. The number of aromatic nitrogens is 2. The first-order chi connectivity index (χ1) is 42.5. The van der Waals surface area contributed by atoms with Crippen molar-refractivity contribution < 1.29 is 57.3 Å². The summed E-state index contributed by atoms with van der Waals surface area (Å²) < 4.78 is 23.6. The van der Waals surface area contributed by atoms with E-state index in [0.717, 1.165) is 32.9 Å². The predicted molar refractivity (Wildman–Crippen MR) is 338 cm³/mol. The van der Waals surface area contributed by atoms with E-state index in [2.05, 4.69) is 32.1 Å². The Balaban J connectivity index is 0.000000213. The summed E-state index contributed by atoms with van der Waals surface area (Å²) in [6.07, 6.45) is 10.4. The molecule has 4 fully saturated rings. The van der Waals surface area contributed by atoms with Crippen molar-refractivity contribution in [1.82, 2.24) is 52.1 Å². The number of ether oxygens (including phenoxy) is 4. The number of fused-ring (bicyclic) bond motifs is 8. The van der Waals surface area contributed by atoms with E-state index in [0.29, 0.717) is 89.1 Å². The number of cyclic esters (lactones) is 2. The van der Waals surface area contributed by atoms with Crippen molar-refractivity contribution in [2.75, 3.05) is 26.3 Å². The largest absolute Gasteiger partial charge is 0.455 e. The number of benzene rings is 2. The lowest BCUT2D eigenvalue weighted by molar-refractivity contribution is -0.158. The molecule has 0 saturated carbocycles. The Hall–Kier alpha value is -7.66. The number of nitrogens with zero attached hydrogens (tertiary/aromatic N) is 4. The fraction of sp³-hybridized carbons (Fsp3) is 0.559. The molecule has 4 saturated heterocycles. The summed E-state index contributed by atoms with van der Waals surface area (Å²) in [4.78, 5) is 118. The van der Waals surface area contributed by atoms with E-state index in [4.69, 9.17) is 28.9 Å². The smallest absolute Gasteiger partial charge is 0.325 e. The van der Waals surface area contributed by atoms with Crippen LogP contribution < -0.4 is 32.1 Å². The molecule has 6 aliphatic rings. The van der Waals surface area contributed by atoms with Gasteiger partial charge in [-0.15, -0.1) is 0 Å². The standard InChI is InChI=1S/2C34H45N5O6/c2*1-20(2)28-29(40)35-21(3)30(41)39-16-7-8-26(38-39)31(42)45-22(4)25-12-11-24-10-9-23(18-27(24)36-25)13-14-34(32(43)37-28)15-17-44-33(5,6)19-34/h2*9-14,18,20-22,26,28,38H,7-8,15-17,19H2,1-6H3,(H,35,40)(H,37,43)/b2*14-13+/t21-,22+,26-,28-,34+;21-,22+,26-,28-,34-/m00/s1. The third-order valence-electron chi connectivity index (χ3n) is 18.0. The van der Waals surface area contributed by atoms with E-state index in [1.807, 2.05) is 140 Å². The van der Waals surface area contributed by atoms with E-state index in [1.165, 1.54) is 10.0 Å². The Kier molecular flexibility index (Phi) is 20.3. The highest BCUT2D eigenvalue weighted by Gasteiger charge is 2.48. The van der Waals surface area contributed by atoms with Crippen molar-refractivity contribution in [2.45, 2.75) is 194 Å². The highest BCUT2D eigenvalue weighted by Crippen LogP contribution is 2.43. The van der Waals surface area contributed by atoms with Crippen LogP contribution in [-0.4, -0.2) is 141 Å². The monoisotopic (exact) mass is 1240 g/mol. The predicted octanol–water partition coefficient (Wildman–Crippen LogP) is 7.16. The molecular formula is C68H90N10O12. The summed E-state index contributed by atoms with van der Waals surface area (Å²) in [5.41, 5.74) is 7.38. The lowest BCUT2D eigenvalue weighted by Crippen LogP contribution is -2.61. The van der Waals surface area contributed by atoms with Gasteiger partial charge in [-0.3, -0.25) is 48.4 Å². The third-order valence-corrected chi connectivity index (χ3v) is 18.0. The number of carbonyl (C=O) groups excluding carboxylic acids is 8. The molecular weight excluding hydrogens is 1150 g/mol. The van der Waals surface area contributed by atoms with Gasteiger partial charge in [0.15, 0.2) is 0 Å². The molecule has 4 aromatic rings. The number of pyridine rings is 2. The summed E-state index contributed by atoms with van der Waals surface area (Å²) in [7, 11) is 0. The van der Waals surface area contributed by atoms with E-state index >= 15 is 0 Å². The fourth-order valence-electron chi connectivity index (χ4n) is 12.8. The molecule has 2 spiro atoms. The van der Waals surface area contributed by atoms with Crippen LogP contribution in [0.1, 0.15) is 169 Å². The van der Waals surface area contributed by atoms with Crippen LogP contribution in [-0.2, 0) is 57.3 Å². The molecule has 0 radical (unpaired) electrons. The summed E-state index contributed by atoms with van der Waals surface area (Å²) in [6.45, 7) is 23.5. The van der Waals surface area contributed by atoms with E-state index < -0.39 is 94.2 Å². The minimum atomic E-state index is -0.935. The Morgan fingerprint density at radius 3 is 1.27 bits per heavy atom. The molecule has 6 aliphatic heterocycles. The fourth-order valence-corrected chi connectivity index (χ4v) is 12.8. The Morgan fingerprint density at radius 1 is 0.522 bits per heavy atom. The molecule has 0 unspecified atom stereocenters. The molecule has 90 heavy (non-hydrogen) atoms. The Bertz CT molecular complexity index is 3230. The first-order valence-electron chi connectivity index (χ1n) is 31.8. The molecule has 22 nitrogen and oxygen atoms in total. The van der Waals surface area contributed by atoms with Gasteiger partial charge in [0.25, 0.3) is 11.8 Å². The number of hydrogen-bond acceptors (Lipinski definition) is 16. The minimum absolute atomic E-state index is 0.248. The van der Waals surface area contributed by atoms with Crippen molar-refractivity contribution in [3.05, 3.63) is 95.3 Å². The zero-order valence-electron chi connectivity index (χ0n) is 54.0. The van der Waals surface area contributed by atoms with Crippen molar-refractivity contribution in [3.8, 4) is 0 Å². The van der Waals surface area contributed by atoms with Crippen LogP contribution in [0.25, 0.3) is 34.0 Å². The van der Waals surface area contributed by atoms with Gasteiger partial charge in [0.1, 0.15) is 48.5 Å². The van der Waals surface area contributed by atoms with Crippen LogP contribution in [0.3, 0.4) is 0 Å². The number of amides is 6. The number of hydrogen-bond donors (Lipinski definition) is 6. The Labute approximate surface area is 527 Å². The van der Waals surface area contributed by atoms with Gasteiger partial charge in [0, 0.05) is 37.1 Å². The highest BCUT2D eigenvalue weighted by molar-refractivity contribution is 5.96. The number of carbonyl (C=O) groups is 8. The lowest BCUT2D eigenvalue weighted by Gasteiger charge is -2.43. The van der Waals surface area contributed by atoms with E-state index in [1.54, 1.807) is 27.7 Å². The molecule has 10 rings (SSSR count).